The Morgan fingerprint density at radius 3 is 2.94 bits per heavy atom. The third-order valence-electron chi connectivity index (χ3n) is 2.20. The summed E-state index contributed by atoms with van der Waals surface area (Å²) < 4.78 is 18.6. The van der Waals surface area contributed by atoms with Gasteiger partial charge in [-0.1, -0.05) is 12.1 Å². The van der Waals surface area contributed by atoms with Gasteiger partial charge in [-0.2, -0.15) is 11.8 Å². The molecule has 1 aromatic carbocycles. The second-order valence-corrected chi connectivity index (χ2v) is 4.59. The van der Waals surface area contributed by atoms with Gasteiger partial charge in [0.15, 0.2) is 0 Å². The molecule has 17 heavy (non-hydrogen) atoms. The van der Waals surface area contributed by atoms with E-state index in [4.69, 9.17) is 9.84 Å². The zero-order chi connectivity index (χ0) is 12.7. The lowest BCUT2D eigenvalue weighted by Gasteiger charge is -2.05. The Morgan fingerprint density at radius 2 is 2.29 bits per heavy atom. The van der Waals surface area contributed by atoms with Crippen molar-refractivity contribution in [3.63, 3.8) is 0 Å². The Balaban J connectivity index is 2.54. The molecule has 0 radical (unpaired) electrons. The number of carbonyl (C=O) groups is 1. The van der Waals surface area contributed by atoms with Gasteiger partial charge in [0.05, 0.1) is 5.56 Å². The van der Waals surface area contributed by atoms with Gasteiger partial charge in [-0.25, -0.2) is 9.18 Å². The predicted molar refractivity (Wildman–Crippen MR) is 66.0 cm³/mol. The van der Waals surface area contributed by atoms with Crippen LogP contribution in [0.3, 0.4) is 0 Å². The zero-order valence-corrected chi connectivity index (χ0v) is 10.4. The van der Waals surface area contributed by atoms with E-state index in [0.29, 0.717) is 17.9 Å². The van der Waals surface area contributed by atoms with Gasteiger partial charge < -0.3 is 9.84 Å². The number of benzene rings is 1. The van der Waals surface area contributed by atoms with E-state index in [2.05, 4.69) is 0 Å². The van der Waals surface area contributed by atoms with Crippen molar-refractivity contribution in [1.29, 1.82) is 0 Å². The van der Waals surface area contributed by atoms with Gasteiger partial charge in [0, 0.05) is 19.5 Å². The maximum atomic E-state index is 13.7. The summed E-state index contributed by atoms with van der Waals surface area (Å²) in [6.07, 6.45) is 0.904. The van der Waals surface area contributed by atoms with Gasteiger partial charge >= 0.3 is 5.97 Å². The maximum absolute atomic E-state index is 13.7. The molecule has 0 aliphatic heterocycles. The highest BCUT2D eigenvalue weighted by atomic mass is 32.2. The summed E-state index contributed by atoms with van der Waals surface area (Å²) in [5, 5.41) is 8.77. The summed E-state index contributed by atoms with van der Waals surface area (Å²) in [6, 6.07) is 4.46. The van der Waals surface area contributed by atoms with E-state index in [-0.39, 0.29) is 5.56 Å². The van der Waals surface area contributed by atoms with Crippen molar-refractivity contribution in [2.75, 3.05) is 19.5 Å². The molecule has 0 heterocycles. The first kappa shape index (κ1) is 14.0. The quantitative estimate of drug-likeness (QED) is 0.764. The van der Waals surface area contributed by atoms with Crippen molar-refractivity contribution in [2.24, 2.45) is 0 Å². The number of methoxy groups -OCH3 is 1. The second kappa shape index (κ2) is 7.29. The Hall–Kier alpha value is -1.07. The van der Waals surface area contributed by atoms with Gasteiger partial charge in [0.25, 0.3) is 0 Å². The fourth-order valence-corrected chi connectivity index (χ4v) is 2.25. The molecule has 0 aliphatic rings. The summed E-state index contributed by atoms with van der Waals surface area (Å²) in [5.41, 5.74) is 0.173. The van der Waals surface area contributed by atoms with Gasteiger partial charge in [0.1, 0.15) is 5.82 Å². The predicted octanol–water partition coefficient (Wildman–Crippen LogP) is 2.79. The molecule has 0 aliphatic carbocycles. The van der Waals surface area contributed by atoms with Crippen LogP contribution in [0.1, 0.15) is 22.3 Å². The number of ether oxygens (including phenoxy) is 1. The van der Waals surface area contributed by atoms with Gasteiger partial charge in [-0.15, -0.1) is 0 Å². The van der Waals surface area contributed by atoms with E-state index in [9.17, 15) is 9.18 Å². The van der Waals surface area contributed by atoms with Crippen molar-refractivity contribution in [2.45, 2.75) is 12.2 Å². The van der Waals surface area contributed by atoms with Crippen LogP contribution in [0.5, 0.6) is 0 Å². The first-order valence-corrected chi connectivity index (χ1v) is 6.39. The third-order valence-corrected chi connectivity index (χ3v) is 3.30. The Bertz CT molecular complexity index is 382. The second-order valence-electron chi connectivity index (χ2n) is 3.48. The van der Waals surface area contributed by atoms with Crippen LogP contribution in [0.2, 0.25) is 0 Å². The number of halogens is 1. The van der Waals surface area contributed by atoms with Crippen LogP contribution in [0.4, 0.5) is 4.39 Å². The molecule has 0 saturated heterocycles. The SMILES string of the molecule is COCCCSCc1cccc(C(=O)O)c1F. The molecular weight excluding hydrogens is 243 g/mol. The topological polar surface area (TPSA) is 46.5 Å². The number of aromatic carboxylic acids is 1. The summed E-state index contributed by atoms with van der Waals surface area (Å²) >= 11 is 1.57. The van der Waals surface area contributed by atoms with E-state index < -0.39 is 11.8 Å². The standard InChI is InChI=1S/C12H15FO3S/c1-16-6-3-7-17-8-9-4-2-5-10(11(9)13)12(14)15/h2,4-5H,3,6-8H2,1H3,(H,14,15). The molecule has 94 valence electrons. The minimum Gasteiger partial charge on any atom is -0.478 e. The molecule has 0 bridgehead atoms. The Morgan fingerprint density at radius 1 is 1.53 bits per heavy atom. The molecule has 1 N–H and O–H groups in total. The van der Waals surface area contributed by atoms with Crippen LogP contribution in [-0.4, -0.2) is 30.5 Å². The molecule has 0 spiro atoms. The smallest absolute Gasteiger partial charge is 0.338 e. The molecule has 5 heteroatoms. The van der Waals surface area contributed by atoms with Crippen LogP contribution < -0.4 is 0 Å². The monoisotopic (exact) mass is 258 g/mol. The minimum absolute atomic E-state index is 0.264. The van der Waals surface area contributed by atoms with Crippen LogP contribution in [-0.2, 0) is 10.5 Å². The van der Waals surface area contributed by atoms with E-state index in [1.807, 2.05) is 0 Å². The maximum Gasteiger partial charge on any atom is 0.338 e. The number of thioether (sulfide) groups is 1. The average Bonchev–Trinajstić information content (AvgIpc) is 2.30. The molecular formula is C12H15FO3S. The van der Waals surface area contributed by atoms with Crippen LogP contribution in [0.25, 0.3) is 0 Å². The average molecular weight is 258 g/mol. The lowest BCUT2D eigenvalue weighted by Crippen LogP contribution is -2.03. The molecule has 3 nitrogen and oxygen atoms in total. The molecule has 0 atom stereocenters. The number of hydrogen-bond donors (Lipinski definition) is 1. The number of carboxylic acid groups (broad SMARTS) is 1. The normalized spacial score (nSPS) is 10.5. The number of carboxylic acids is 1. The molecule has 0 amide bonds. The number of rotatable bonds is 7. The zero-order valence-electron chi connectivity index (χ0n) is 9.61. The summed E-state index contributed by atoms with van der Waals surface area (Å²) in [6.45, 7) is 0.685. The summed E-state index contributed by atoms with van der Waals surface area (Å²) in [5.74, 6) is -0.505. The van der Waals surface area contributed by atoms with E-state index >= 15 is 0 Å². The molecule has 0 unspecified atom stereocenters. The van der Waals surface area contributed by atoms with Gasteiger partial charge in [-0.05, 0) is 23.8 Å². The highest BCUT2D eigenvalue weighted by Crippen LogP contribution is 2.19. The first-order valence-electron chi connectivity index (χ1n) is 5.24. The van der Waals surface area contributed by atoms with Crippen LogP contribution in [0, 0.1) is 5.82 Å². The Kier molecular flexibility index (Phi) is 6.00. The lowest BCUT2D eigenvalue weighted by atomic mass is 10.1. The van der Waals surface area contributed by atoms with Crippen molar-refractivity contribution in [3.8, 4) is 0 Å². The van der Waals surface area contributed by atoms with Gasteiger partial charge in [0.2, 0.25) is 0 Å². The van der Waals surface area contributed by atoms with Crippen LogP contribution >= 0.6 is 11.8 Å². The van der Waals surface area contributed by atoms with Crippen molar-refractivity contribution >= 4 is 17.7 Å². The Labute approximate surface area is 104 Å². The van der Waals surface area contributed by atoms with Crippen molar-refractivity contribution < 1.29 is 19.0 Å². The molecule has 0 saturated carbocycles. The molecule has 0 fully saturated rings. The highest BCUT2D eigenvalue weighted by Gasteiger charge is 2.13. The first-order chi connectivity index (χ1) is 8.16. The largest absolute Gasteiger partial charge is 0.478 e. The fourth-order valence-electron chi connectivity index (χ4n) is 1.34. The molecule has 0 aromatic heterocycles. The van der Waals surface area contributed by atoms with Crippen molar-refractivity contribution in [1.82, 2.24) is 0 Å². The number of hydrogen-bond acceptors (Lipinski definition) is 3. The van der Waals surface area contributed by atoms with Crippen molar-refractivity contribution in [3.05, 3.63) is 35.1 Å². The summed E-state index contributed by atoms with van der Waals surface area (Å²) in [4.78, 5) is 10.7. The lowest BCUT2D eigenvalue weighted by molar-refractivity contribution is 0.0691. The highest BCUT2D eigenvalue weighted by molar-refractivity contribution is 7.98. The molecule has 1 rings (SSSR count). The summed E-state index contributed by atoms with van der Waals surface area (Å²) in [7, 11) is 1.64. The van der Waals surface area contributed by atoms with Crippen LogP contribution in [0.15, 0.2) is 18.2 Å². The van der Waals surface area contributed by atoms with Gasteiger partial charge in [-0.3, -0.25) is 0 Å². The van der Waals surface area contributed by atoms with E-state index in [1.54, 1.807) is 31.0 Å². The molecule has 1 aromatic rings. The minimum atomic E-state index is -1.23. The fraction of sp³-hybridized carbons (Fsp3) is 0.417. The van der Waals surface area contributed by atoms with E-state index in [0.717, 1.165) is 12.2 Å². The van der Waals surface area contributed by atoms with E-state index in [1.165, 1.54) is 6.07 Å². The third kappa shape index (κ3) is 4.36.